The van der Waals surface area contributed by atoms with Crippen molar-refractivity contribution in [2.75, 3.05) is 26.7 Å². The fraction of sp³-hybridized carbons (Fsp3) is 0.318. The average molecular weight is 395 g/mol. The van der Waals surface area contributed by atoms with Gasteiger partial charge < -0.3 is 10.1 Å². The lowest BCUT2D eigenvalue weighted by Gasteiger charge is -2.28. The van der Waals surface area contributed by atoms with Crippen LogP contribution in [0.15, 0.2) is 54.6 Å². The van der Waals surface area contributed by atoms with Gasteiger partial charge in [0.25, 0.3) is 5.69 Å². The van der Waals surface area contributed by atoms with Gasteiger partial charge in [0.2, 0.25) is 5.91 Å². The lowest BCUT2D eigenvalue weighted by molar-refractivity contribution is -0.384. The second-order valence-corrected chi connectivity index (χ2v) is 6.96. The van der Waals surface area contributed by atoms with Crippen molar-refractivity contribution < 1.29 is 14.5 Å². The van der Waals surface area contributed by atoms with Crippen molar-refractivity contribution in [1.29, 1.82) is 0 Å². The molecule has 3 rings (SSSR count). The molecule has 1 heterocycles. The van der Waals surface area contributed by atoms with E-state index >= 15 is 0 Å². The van der Waals surface area contributed by atoms with E-state index in [-0.39, 0.29) is 17.6 Å². The number of hydrogen-bond acceptors (Lipinski definition) is 5. The predicted molar refractivity (Wildman–Crippen MR) is 112 cm³/mol. The van der Waals surface area contributed by atoms with E-state index in [1.807, 2.05) is 18.2 Å². The summed E-state index contributed by atoms with van der Waals surface area (Å²) in [7, 11) is 1.65. The minimum atomic E-state index is -0.447. The monoisotopic (exact) mass is 395 g/mol. The van der Waals surface area contributed by atoms with Crippen LogP contribution in [0.25, 0.3) is 6.08 Å². The number of hydrogen-bond donors (Lipinski definition) is 1. The van der Waals surface area contributed by atoms with Gasteiger partial charge in [0.05, 0.1) is 18.1 Å². The van der Waals surface area contributed by atoms with Crippen molar-refractivity contribution >= 4 is 17.7 Å². The smallest absolute Gasteiger partial charge is 0.269 e. The van der Waals surface area contributed by atoms with Crippen LogP contribution < -0.4 is 10.1 Å². The number of amides is 1. The quantitative estimate of drug-likeness (QED) is 0.420. The van der Waals surface area contributed by atoms with Gasteiger partial charge in [0.15, 0.2) is 0 Å². The molecule has 2 aromatic carbocycles. The highest BCUT2D eigenvalue weighted by Gasteiger charge is 2.24. The van der Waals surface area contributed by atoms with Gasteiger partial charge >= 0.3 is 0 Å². The first-order valence-electron chi connectivity index (χ1n) is 9.65. The Labute approximate surface area is 170 Å². The lowest BCUT2D eigenvalue weighted by Crippen LogP contribution is -2.36. The predicted octanol–water partition coefficient (Wildman–Crippen LogP) is 3.57. The number of benzene rings is 2. The van der Waals surface area contributed by atoms with Gasteiger partial charge in [-0.2, -0.15) is 0 Å². The van der Waals surface area contributed by atoms with Gasteiger partial charge in [-0.05, 0) is 67.4 Å². The Balaban J connectivity index is 1.63. The number of carbonyl (C=O) groups is 1. The Morgan fingerprint density at radius 2 is 1.97 bits per heavy atom. The van der Waals surface area contributed by atoms with Crippen LogP contribution in [0.5, 0.6) is 5.75 Å². The molecule has 152 valence electrons. The number of nitrogens with one attached hydrogen (secondary N) is 1. The first-order chi connectivity index (χ1) is 14.1. The molecule has 2 aromatic rings. The summed E-state index contributed by atoms with van der Waals surface area (Å²) in [6, 6.07) is 14.1. The van der Waals surface area contributed by atoms with E-state index in [0.717, 1.165) is 42.8 Å². The highest BCUT2D eigenvalue weighted by molar-refractivity contribution is 5.91. The third kappa shape index (κ3) is 5.65. The minimum Gasteiger partial charge on any atom is -0.497 e. The number of likely N-dealkylation sites (tertiary alicyclic amines) is 1. The molecule has 0 aromatic heterocycles. The third-order valence-corrected chi connectivity index (χ3v) is 5.06. The zero-order valence-electron chi connectivity index (χ0n) is 16.4. The molecule has 0 spiro atoms. The number of rotatable bonds is 8. The molecule has 7 nitrogen and oxygen atoms in total. The topological polar surface area (TPSA) is 84.7 Å². The molecule has 29 heavy (non-hydrogen) atoms. The molecule has 1 aliphatic rings. The normalized spacial score (nSPS) is 15.3. The van der Waals surface area contributed by atoms with E-state index in [1.54, 1.807) is 25.3 Å². The summed E-state index contributed by atoms with van der Waals surface area (Å²) < 4.78 is 5.34. The maximum atomic E-state index is 12.3. The van der Waals surface area contributed by atoms with E-state index in [2.05, 4.69) is 16.3 Å². The molecule has 1 fully saturated rings. The van der Waals surface area contributed by atoms with E-state index in [4.69, 9.17) is 4.74 Å². The fourth-order valence-electron chi connectivity index (χ4n) is 3.50. The van der Waals surface area contributed by atoms with E-state index in [1.165, 1.54) is 18.2 Å². The van der Waals surface area contributed by atoms with Gasteiger partial charge in [-0.1, -0.05) is 12.1 Å². The lowest BCUT2D eigenvalue weighted by atomic mass is 10.0. The third-order valence-electron chi connectivity index (χ3n) is 5.06. The van der Waals surface area contributed by atoms with Crippen LogP contribution in [0.2, 0.25) is 0 Å². The van der Waals surface area contributed by atoms with Gasteiger partial charge in [0, 0.05) is 24.8 Å². The molecular formula is C22H25N3O4. The van der Waals surface area contributed by atoms with Crippen molar-refractivity contribution in [3.05, 3.63) is 75.8 Å². The highest BCUT2D eigenvalue weighted by Crippen LogP contribution is 2.27. The van der Waals surface area contributed by atoms with Gasteiger partial charge in [-0.25, -0.2) is 0 Å². The summed E-state index contributed by atoms with van der Waals surface area (Å²) >= 11 is 0. The number of nitrogens with zero attached hydrogens (tertiary/aromatic N) is 2. The Morgan fingerprint density at radius 1 is 1.24 bits per heavy atom. The molecule has 0 aliphatic carbocycles. The van der Waals surface area contributed by atoms with Crippen LogP contribution in [0, 0.1) is 10.1 Å². The molecule has 0 radical (unpaired) electrons. The summed E-state index contributed by atoms with van der Waals surface area (Å²) in [5.74, 6) is 0.603. The zero-order valence-corrected chi connectivity index (χ0v) is 16.4. The van der Waals surface area contributed by atoms with Crippen molar-refractivity contribution in [2.24, 2.45) is 0 Å². The van der Waals surface area contributed by atoms with Crippen LogP contribution in [-0.2, 0) is 4.79 Å². The van der Waals surface area contributed by atoms with Crippen LogP contribution in [0.3, 0.4) is 0 Å². The summed E-state index contributed by atoms with van der Waals surface area (Å²) in [6.07, 6.45) is 5.42. The van der Waals surface area contributed by atoms with Crippen molar-refractivity contribution in [3.63, 3.8) is 0 Å². The maximum Gasteiger partial charge on any atom is 0.269 e. The number of carbonyl (C=O) groups excluding carboxylic acids is 1. The summed E-state index contributed by atoms with van der Waals surface area (Å²) in [5.41, 5.74) is 1.87. The summed E-state index contributed by atoms with van der Waals surface area (Å²) in [5, 5.41) is 13.7. The Hall–Kier alpha value is -3.19. The van der Waals surface area contributed by atoms with Gasteiger partial charge in [-0.15, -0.1) is 0 Å². The second kappa shape index (κ2) is 9.84. The van der Waals surface area contributed by atoms with Crippen molar-refractivity contribution in [1.82, 2.24) is 10.2 Å². The molecule has 0 bridgehead atoms. The van der Waals surface area contributed by atoms with E-state index < -0.39 is 4.92 Å². The standard InChI is InChI=1S/C22H25N3O4/c1-29-20-6-4-5-18(15-20)21(24-13-2-3-14-24)16-23-22(26)12-9-17-7-10-19(11-8-17)25(27)28/h4-12,15,21H,2-3,13-14,16H2,1H3,(H,23,26)/b12-9+. The molecule has 0 saturated carbocycles. The number of nitro groups is 1. The molecule has 7 heteroatoms. The Bertz CT molecular complexity index is 874. The number of methoxy groups -OCH3 is 1. The van der Waals surface area contributed by atoms with Crippen molar-refractivity contribution in [2.45, 2.75) is 18.9 Å². The largest absolute Gasteiger partial charge is 0.497 e. The molecule has 1 N–H and O–H groups in total. The molecular weight excluding hydrogens is 370 g/mol. The van der Waals surface area contributed by atoms with Gasteiger partial charge in [0.1, 0.15) is 5.75 Å². The molecule has 1 unspecified atom stereocenters. The minimum absolute atomic E-state index is 0.0262. The van der Waals surface area contributed by atoms with E-state index in [0.29, 0.717) is 6.54 Å². The highest BCUT2D eigenvalue weighted by atomic mass is 16.6. The first kappa shape index (κ1) is 20.5. The van der Waals surface area contributed by atoms with E-state index in [9.17, 15) is 14.9 Å². The summed E-state index contributed by atoms with van der Waals surface area (Å²) in [6.45, 7) is 2.52. The SMILES string of the molecule is COc1cccc(C(CNC(=O)/C=C/c2ccc([N+](=O)[O-])cc2)N2CCCC2)c1. The Morgan fingerprint density at radius 3 is 2.62 bits per heavy atom. The number of nitro benzene ring substituents is 1. The Kier molecular flexibility index (Phi) is 6.97. The fourth-order valence-corrected chi connectivity index (χ4v) is 3.50. The number of non-ortho nitro benzene ring substituents is 1. The van der Waals surface area contributed by atoms with Gasteiger partial charge in [-0.3, -0.25) is 19.8 Å². The molecule has 1 saturated heterocycles. The van der Waals surface area contributed by atoms with Crippen LogP contribution in [-0.4, -0.2) is 42.5 Å². The van der Waals surface area contributed by atoms with Crippen LogP contribution in [0.4, 0.5) is 5.69 Å². The van der Waals surface area contributed by atoms with Crippen molar-refractivity contribution in [3.8, 4) is 5.75 Å². The second-order valence-electron chi connectivity index (χ2n) is 6.96. The number of ether oxygens (including phenoxy) is 1. The molecule has 1 amide bonds. The molecule has 1 atom stereocenters. The van der Waals surface area contributed by atoms with Crippen LogP contribution in [0.1, 0.15) is 30.0 Å². The molecule has 1 aliphatic heterocycles. The van der Waals surface area contributed by atoms with Crippen LogP contribution >= 0.6 is 0 Å². The first-order valence-corrected chi connectivity index (χ1v) is 9.65. The maximum absolute atomic E-state index is 12.3. The zero-order chi connectivity index (χ0) is 20.6. The average Bonchev–Trinajstić information content (AvgIpc) is 3.27. The summed E-state index contributed by atoms with van der Waals surface area (Å²) in [4.78, 5) is 25.0.